The van der Waals surface area contributed by atoms with E-state index in [2.05, 4.69) is 0 Å². The van der Waals surface area contributed by atoms with E-state index in [1.807, 2.05) is 12.1 Å². The molecule has 0 radical (unpaired) electrons. The molecule has 0 saturated carbocycles. The van der Waals surface area contributed by atoms with Crippen LogP contribution in [0.2, 0.25) is 0 Å². The number of ether oxygens (including phenoxy) is 2. The first-order chi connectivity index (χ1) is 8.94. The molecule has 2 rings (SSSR count). The lowest BCUT2D eigenvalue weighted by Gasteiger charge is -2.16. The van der Waals surface area contributed by atoms with Gasteiger partial charge in [0.05, 0.1) is 13.7 Å². The normalized spacial score (nSPS) is 22.2. The number of nitrogens with zero attached hydrogens (tertiary/aromatic N) is 1. The number of carbonyl (C=O) groups is 2. The SMILES string of the molecule is COc1ccc(CN2CC(C)(C(=O)O)OC2=O)cc1. The van der Waals surface area contributed by atoms with Crippen molar-refractivity contribution < 1.29 is 24.2 Å². The molecular formula is C13H15NO5. The Kier molecular flexibility index (Phi) is 3.33. The Labute approximate surface area is 110 Å². The van der Waals surface area contributed by atoms with Crippen molar-refractivity contribution in [3.63, 3.8) is 0 Å². The zero-order valence-electron chi connectivity index (χ0n) is 10.8. The van der Waals surface area contributed by atoms with Gasteiger partial charge in [0.25, 0.3) is 0 Å². The number of aliphatic carboxylic acids is 1. The quantitative estimate of drug-likeness (QED) is 0.892. The van der Waals surface area contributed by atoms with Crippen LogP contribution in [-0.4, -0.2) is 41.3 Å². The van der Waals surface area contributed by atoms with Gasteiger partial charge in [-0.1, -0.05) is 12.1 Å². The lowest BCUT2D eigenvalue weighted by atomic mass is 10.1. The predicted molar refractivity (Wildman–Crippen MR) is 65.9 cm³/mol. The van der Waals surface area contributed by atoms with Crippen LogP contribution in [0.5, 0.6) is 5.75 Å². The summed E-state index contributed by atoms with van der Waals surface area (Å²) in [6.45, 7) is 1.74. The first-order valence-corrected chi connectivity index (χ1v) is 5.79. The molecule has 6 nitrogen and oxygen atoms in total. The first-order valence-electron chi connectivity index (χ1n) is 5.79. The van der Waals surface area contributed by atoms with Crippen LogP contribution in [0.4, 0.5) is 4.79 Å². The number of carboxylic acid groups (broad SMARTS) is 1. The molecule has 0 aliphatic carbocycles. The minimum absolute atomic E-state index is 0.0349. The summed E-state index contributed by atoms with van der Waals surface area (Å²) in [7, 11) is 1.57. The van der Waals surface area contributed by atoms with Crippen LogP contribution in [0.15, 0.2) is 24.3 Å². The summed E-state index contributed by atoms with van der Waals surface area (Å²) in [5.41, 5.74) is -0.587. The van der Waals surface area contributed by atoms with E-state index in [4.69, 9.17) is 14.6 Å². The second-order valence-corrected chi connectivity index (χ2v) is 4.61. The second kappa shape index (κ2) is 4.79. The maximum atomic E-state index is 11.6. The third-order valence-corrected chi connectivity index (χ3v) is 3.05. The molecule has 0 aromatic heterocycles. The number of rotatable bonds is 4. The van der Waals surface area contributed by atoms with Gasteiger partial charge in [0, 0.05) is 6.54 Å². The molecule has 19 heavy (non-hydrogen) atoms. The highest BCUT2D eigenvalue weighted by molar-refractivity contribution is 5.84. The van der Waals surface area contributed by atoms with Gasteiger partial charge in [0.15, 0.2) is 0 Å². The summed E-state index contributed by atoms with van der Waals surface area (Å²) in [5.74, 6) is -0.416. The minimum atomic E-state index is -1.47. The second-order valence-electron chi connectivity index (χ2n) is 4.61. The van der Waals surface area contributed by atoms with Crippen molar-refractivity contribution in [1.82, 2.24) is 4.90 Å². The predicted octanol–water partition coefficient (Wildman–Crippen LogP) is 1.49. The van der Waals surface area contributed by atoms with Crippen LogP contribution < -0.4 is 4.74 Å². The average Bonchev–Trinajstić information content (AvgIpc) is 2.67. The maximum Gasteiger partial charge on any atom is 0.411 e. The van der Waals surface area contributed by atoms with Gasteiger partial charge >= 0.3 is 12.1 Å². The van der Waals surface area contributed by atoms with E-state index in [1.165, 1.54) is 11.8 Å². The number of amides is 1. The standard InChI is InChI=1S/C13H15NO5/c1-13(11(15)16)8-14(12(17)19-13)7-9-3-5-10(18-2)6-4-9/h3-6H,7-8H2,1-2H3,(H,15,16). The van der Waals surface area contributed by atoms with Crippen molar-refractivity contribution in [2.45, 2.75) is 19.1 Å². The third kappa shape index (κ3) is 2.62. The molecule has 6 heteroatoms. The summed E-state index contributed by atoms with van der Waals surface area (Å²) >= 11 is 0. The fourth-order valence-electron chi connectivity index (χ4n) is 1.90. The Hall–Kier alpha value is -2.24. The van der Waals surface area contributed by atoms with Crippen molar-refractivity contribution in [3.8, 4) is 5.75 Å². The molecule has 1 aliphatic rings. The third-order valence-electron chi connectivity index (χ3n) is 3.05. The molecule has 1 N–H and O–H groups in total. The number of hydrogen-bond donors (Lipinski definition) is 1. The fraction of sp³-hybridized carbons (Fsp3) is 0.385. The molecule has 1 fully saturated rings. The van der Waals surface area contributed by atoms with E-state index in [0.29, 0.717) is 6.54 Å². The van der Waals surface area contributed by atoms with Crippen LogP contribution in [0.3, 0.4) is 0 Å². The number of benzene rings is 1. The van der Waals surface area contributed by atoms with Crippen LogP contribution >= 0.6 is 0 Å². The van der Waals surface area contributed by atoms with Gasteiger partial charge in [-0.15, -0.1) is 0 Å². The number of carboxylic acids is 1. The van der Waals surface area contributed by atoms with Gasteiger partial charge in [0.1, 0.15) is 5.75 Å². The van der Waals surface area contributed by atoms with E-state index in [1.54, 1.807) is 19.2 Å². The van der Waals surface area contributed by atoms with Gasteiger partial charge < -0.3 is 14.6 Å². The largest absolute Gasteiger partial charge is 0.497 e. The number of hydrogen-bond acceptors (Lipinski definition) is 4. The van der Waals surface area contributed by atoms with Gasteiger partial charge in [-0.25, -0.2) is 9.59 Å². The van der Waals surface area contributed by atoms with Crippen molar-refractivity contribution in [3.05, 3.63) is 29.8 Å². The van der Waals surface area contributed by atoms with Gasteiger partial charge in [-0.3, -0.25) is 4.90 Å². The lowest BCUT2D eigenvalue weighted by molar-refractivity contribution is -0.153. The molecular weight excluding hydrogens is 250 g/mol. The molecule has 1 aromatic carbocycles. The number of methoxy groups -OCH3 is 1. The molecule has 1 atom stereocenters. The van der Waals surface area contributed by atoms with E-state index >= 15 is 0 Å². The Morgan fingerprint density at radius 2 is 2.11 bits per heavy atom. The van der Waals surface area contributed by atoms with Gasteiger partial charge in [-0.2, -0.15) is 0 Å². The van der Waals surface area contributed by atoms with Crippen molar-refractivity contribution in [2.75, 3.05) is 13.7 Å². The fourth-order valence-corrected chi connectivity index (χ4v) is 1.90. The summed E-state index contributed by atoms with van der Waals surface area (Å²) in [4.78, 5) is 24.0. The number of cyclic esters (lactones) is 1. The lowest BCUT2D eigenvalue weighted by Crippen LogP contribution is -2.39. The van der Waals surface area contributed by atoms with Gasteiger partial charge in [-0.05, 0) is 24.6 Å². The van der Waals surface area contributed by atoms with E-state index < -0.39 is 17.7 Å². The Balaban J connectivity index is 2.07. The van der Waals surface area contributed by atoms with E-state index in [-0.39, 0.29) is 6.54 Å². The topological polar surface area (TPSA) is 76.1 Å². The summed E-state index contributed by atoms with van der Waals surface area (Å²) in [6, 6.07) is 7.21. The minimum Gasteiger partial charge on any atom is -0.497 e. The highest BCUT2D eigenvalue weighted by Crippen LogP contribution is 2.24. The van der Waals surface area contributed by atoms with E-state index in [0.717, 1.165) is 11.3 Å². The number of carbonyl (C=O) groups excluding carboxylic acids is 1. The van der Waals surface area contributed by atoms with Crippen molar-refractivity contribution >= 4 is 12.1 Å². The monoisotopic (exact) mass is 265 g/mol. The first kappa shape index (κ1) is 13.2. The zero-order chi connectivity index (χ0) is 14.0. The van der Waals surface area contributed by atoms with E-state index in [9.17, 15) is 9.59 Å². The Bertz CT molecular complexity index is 498. The average molecular weight is 265 g/mol. The molecule has 0 bridgehead atoms. The summed E-state index contributed by atoms with van der Waals surface area (Å²) < 4.78 is 9.94. The van der Waals surface area contributed by atoms with Crippen LogP contribution in [0, 0.1) is 0 Å². The molecule has 1 aliphatic heterocycles. The molecule has 102 valence electrons. The molecule has 1 heterocycles. The Morgan fingerprint density at radius 1 is 1.47 bits per heavy atom. The maximum absolute atomic E-state index is 11.6. The molecule has 1 aromatic rings. The zero-order valence-corrected chi connectivity index (χ0v) is 10.8. The summed E-state index contributed by atoms with van der Waals surface area (Å²) in [6.07, 6.45) is -0.610. The molecule has 1 unspecified atom stereocenters. The molecule has 1 saturated heterocycles. The smallest absolute Gasteiger partial charge is 0.411 e. The summed E-state index contributed by atoms with van der Waals surface area (Å²) in [5, 5.41) is 9.02. The van der Waals surface area contributed by atoms with Crippen molar-refractivity contribution in [2.24, 2.45) is 0 Å². The van der Waals surface area contributed by atoms with Crippen molar-refractivity contribution in [1.29, 1.82) is 0 Å². The van der Waals surface area contributed by atoms with Crippen LogP contribution in [0.1, 0.15) is 12.5 Å². The Morgan fingerprint density at radius 3 is 2.58 bits per heavy atom. The highest BCUT2D eigenvalue weighted by atomic mass is 16.6. The molecule has 0 spiro atoms. The van der Waals surface area contributed by atoms with Crippen LogP contribution in [0.25, 0.3) is 0 Å². The highest BCUT2D eigenvalue weighted by Gasteiger charge is 2.47. The molecule has 1 amide bonds. The van der Waals surface area contributed by atoms with Crippen LogP contribution in [-0.2, 0) is 16.1 Å². The van der Waals surface area contributed by atoms with Gasteiger partial charge in [0.2, 0.25) is 5.60 Å².